The van der Waals surface area contributed by atoms with Gasteiger partial charge in [-0.05, 0) is 67.6 Å². The van der Waals surface area contributed by atoms with Crippen LogP contribution in [0.5, 0.6) is 0 Å². The van der Waals surface area contributed by atoms with Gasteiger partial charge in [0.2, 0.25) is 5.91 Å². The third kappa shape index (κ3) is 4.29. The smallest absolute Gasteiger partial charge is 0.340 e. The third-order valence-electron chi connectivity index (χ3n) is 5.50. The number of ether oxygens (including phenoxy) is 1. The number of carbonyl (C=O) groups is 2. The molecule has 0 saturated carbocycles. The van der Waals surface area contributed by atoms with Gasteiger partial charge in [0.1, 0.15) is 11.2 Å². The number of benzene rings is 2. The Labute approximate surface area is 199 Å². The zero-order valence-corrected chi connectivity index (χ0v) is 19.8. The quantitative estimate of drug-likeness (QED) is 0.428. The molecule has 0 atom stereocenters. The van der Waals surface area contributed by atoms with Crippen LogP contribution in [-0.2, 0) is 16.1 Å². The molecule has 0 radical (unpaired) electrons. The summed E-state index contributed by atoms with van der Waals surface area (Å²) in [5.74, 6) is -1.07. The molecule has 0 unspecified atom stereocenters. The van der Waals surface area contributed by atoms with Gasteiger partial charge < -0.3 is 10.1 Å². The molecule has 0 saturated heterocycles. The average Bonchev–Trinajstić information content (AvgIpc) is 3.30. The molecule has 2 aromatic heterocycles. The van der Waals surface area contributed by atoms with Crippen molar-refractivity contribution in [2.24, 2.45) is 0 Å². The molecule has 9 heteroatoms. The van der Waals surface area contributed by atoms with Gasteiger partial charge >= 0.3 is 11.7 Å². The maximum absolute atomic E-state index is 13.4. The van der Waals surface area contributed by atoms with Gasteiger partial charge in [-0.15, -0.1) is 11.3 Å². The molecule has 1 N–H and O–H groups in total. The summed E-state index contributed by atoms with van der Waals surface area (Å²) in [6.07, 6.45) is 0. The molecule has 174 valence electrons. The number of esters is 1. The number of hydrogen-bond acceptors (Lipinski definition) is 6. The molecular weight excluding hydrogens is 454 g/mol. The van der Waals surface area contributed by atoms with Crippen molar-refractivity contribution in [3.05, 3.63) is 91.4 Å². The number of fused-ring (bicyclic) bond motifs is 1. The molecule has 34 heavy (non-hydrogen) atoms. The van der Waals surface area contributed by atoms with Crippen LogP contribution in [0.25, 0.3) is 15.9 Å². The Balaban J connectivity index is 1.75. The van der Waals surface area contributed by atoms with Crippen molar-refractivity contribution < 1.29 is 14.3 Å². The molecule has 1 amide bonds. The minimum atomic E-state index is -0.618. The Morgan fingerprint density at radius 1 is 1.03 bits per heavy atom. The van der Waals surface area contributed by atoms with Crippen LogP contribution in [0.4, 0.5) is 5.69 Å². The number of amides is 1. The summed E-state index contributed by atoms with van der Waals surface area (Å²) in [5.41, 5.74) is 2.25. The number of carbonyl (C=O) groups excluding carboxylic acids is 2. The second-order valence-corrected chi connectivity index (χ2v) is 8.64. The molecule has 0 aliphatic heterocycles. The Morgan fingerprint density at radius 3 is 2.53 bits per heavy atom. The zero-order valence-electron chi connectivity index (χ0n) is 19.0. The highest BCUT2D eigenvalue weighted by Crippen LogP contribution is 2.19. The lowest BCUT2D eigenvalue weighted by Gasteiger charge is -2.14. The number of hydrogen-bond donors (Lipinski definition) is 1. The normalized spacial score (nSPS) is 10.9. The number of aryl methyl sites for hydroxylation is 2. The molecule has 8 nitrogen and oxygen atoms in total. The highest BCUT2D eigenvalue weighted by Gasteiger charge is 2.19. The average molecular weight is 478 g/mol. The minimum absolute atomic E-state index is 0.201. The maximum atomic E-state index is 13.4. The van der Waals surface area contributed by atoms with Crippen molar-refractivity contribution in [3.8, 4) is 5.69 Å². The van der Waals surface area contributed by atoms with Gasteiger partial charge in [-0.25, -0.2) is 14.2 Å². The van der Waals surface area contributed by atoms with Gasteiger partial charge in [-0.3, -0.25) is 14.2 Å². The Bertz CT molecular complexity index is 1530. The monoisotopic (exact) mass is 477 g/mol. The van der Waals surface area contributed by atoms with Gasteiger partial charge in [0.15, 0.2) is 0 Å². The van der Waals surface area contributed by atoms with E-state index in [0.29, 0.717) is 15.9 Å². The second-order valence-electron chi connectivity index (χ2n) is 7.73. The third-order valence-corrected chi connectivity index (χ3v) is 6.39. The lowest BCUT2D eigenvalue weighted by molar-refractivity contribution is -0.116. The van der Waals surface area contributed by atoms with E-state index in [4.69, 9.17) is 4.74 Å². The van der Waals surface area contributed by atoms with E-state index >= 15 is 0 Å². The number of para-hydroxylation sites is 1. The van der Waals surface area contributed by atoms with E-state index in [9.17, 15) is 19.2 Å². The molecule has 0 aliphatic carbocycles. The lowest BCUT2D eigenvalue weighted by Crippen LogP contribution is -2.40. The highest BCUT2D eigenvalue weighted by atomic mass is 32.1. The SMILES string of the molecule is CCOC(=O)c1ccccc1NC(=O)Cn1c(=O)n(-c2ccc(C)c(C)c2)c(=O)c2sccc21. The summed E-state index contributed by atoms with van der Waals surface area (Å²) in [4.78, 5) is 51.7. The maximum Gasteiger partial charge on any atom is 0.340 e. The van der Waals surface area contributed by atoms with Crippen molar-refractivity contribution in [1.29, 1.82) is 0 Å². The topological polar surface area (TPSA) is 99.4 Å². The van der Waals surface area contributed by atoms with Crippen LogP contribution < -0.4 is 16.6 Å². The first-order chi connectivity index (χ1) is 16.3. The summed E-state index contributed by atoms with van der Waals surface area (Å²) in [6.45, 7) is 5.41. The number of rotatable bonds is 6. The largest absolute Gasteiger partial charge is 0.462 e. The van der Waals surface area contributed by atoms with Crippen molar-refractivity contribution in [1.82, 2.24) is 9.13 Å². The summed E-state index contributed by atoms with van der Waals surface area (Å²) in [7, 11) is 0. The van der Waals surface area contributed by atoms with Gasteiger partial charge in [-0.2, -0.15) is 0 Å². The zero-order chi connectivity index (χ0) is 24.4. The second kappa shape index (κ2) is 9.48. The fourth-order valence-electron chi connectivity index (χ4n) is 3.64. The van der Waals surface area contributed by atoms with Gasteiger partial charge in [0, 0.05) is 0 Å². The highest BCUT2D eigenvalue weighted by molar-refractivity contribution is 7.17. The van der Waals surface area contributed by atoms with E-state index in [1.807, 2.05) is 19.9 Å². The number of thiophene rings is 1. The van der Waals surface area contributed by atoms with Crippen LogP contribution in [0.15, 0.2) is 63.5 Å². The summed E-state index contributed by atoms with van der Waals surface area (Å²) in [5, 5.41) is 4.40. The molecule has 4 rings (SSSR count). The number of nitrogens with zero attached hydrogens (tertiary/aromatic N) is 2. The summed E-state index contributed by atoms with van der Waals surface area (Å²) in [6, 6.07) is 13.5. The minimum Gasteiger partial charge on any atom is -0.462 e. The van der Waals surface area contributed by atoms with E-state index in [1.165, 1.54) is 15.9 Å². The van der Waals surface area contributed by atoms with E-state index in [0.717, 1.165) is 15.7 Å². The van der Waals surface area contributed by atoms with Crippen LogP contribution in [0.3, 0.4) is 0 Å². The number of aromatic nitrogens is 2. The van der Waals surface area contributed by atoms with Crippen LogP contribution in [0.2, 0.25) is 0 Å². The molecule has 4 aromatic rings. The summed E-state index contributed by atoms with van der Waals surface area (Å²) >= 11 is 1.21. The standard InChI is InChI=1S/C25H23N3O5S/c1-4-33-24(31)18-7-5-6-8-19(18)26-21(29)14-27-20-11-12-34-22(20)23(30)28(25(27)32)17-10-9-15(2)16(3)13-17/h5-13H,4,14H2,1-3H3,(H,26,29). The summed E-state index contributed by atoms with van der Waals surface area (Å²) < 4.78 is 7.78. The van der Waals surface area contributed by atoms with Crippen molar-refractivity contribution in [3.63, 3.8) is 0 Å². The van der Waals surface area contributed by atoms with Crippen molar-refractivity contribution in [2.75, 3.05) is 11.9 Å². The lowest BCUT2D eigenvalue weighted by atomic mass is 10.1. The Hall–Kier alpha value is -3.98. The van der Waals surface area contributed by atoms with E-state index in [1.54, 1.807) is 54.8 Å². The van der Waals surface area contributed by atoms with Crippen LogP contribution in [0, 0.1) is 13.8 Å². The van der Waals surface area contributed by atoms with Crippen LogP contribution >= 0.6 is 11.3 Å². The van der Waals surface area contributed by atoms with Crippen LogP contribution in [-0.4, -0.2) is 27.6 Å². The first-order valence-corrected chi connectivity index (χ1v) is 11.6. The first kappa shape index (κ1) is 23.2. The van der Waals surface area contributed by atoms with E-state index < -0.39 is 23.1 Å². The van der Waals surface area contributed by atoms with Gasteiger partial charge in [0.05, 0.1) is 29.1 Å². The molecule has 0 bridgehead atoms. The number of anilines is 1. The molecule has 0 spiro atoms. The Kier molecular flexibility index (Phi) is 6.47. The molecule has 2 heterocycles. The molecule has 0 fully saturated rings. The molecular formula is C25H23N3O5S. The predicted octanol–water partition coefficient (Wildman–Crippen LogP) is 3.65. The van der Waals surface area contributed by atoms with E-state index in [-0.39, 0.29) is 24.4 Å². The van der Waals surface area contributed by atoms with Crippen molar-refractivity contribution in [2.45, 2.75) is 27.3 Å². The van der Waals surface area contributed by atoms with Crippen molar-refractivity contribution >= 4 is 39.1 Å². The van der Waals surface area contributed by atoms with Gasteiger partial charge in [0.25, 0.3) is 5.56 Å². The van der Waals surface area contributed by atoms with Crippen LogP contribution in [0.1, 0.15) is 28.4 Å². The number of nitrogens with one attached hydrogen (secondary N) is 1. The Morgan fingerprint density at radius 2 is 1.79 bits per heavy atom. The van der Waals surface area contributed by atoms with E-state index in [2.05, 4.69) is 5.32 Å². The first-order valence-electron chi connectivity index (χ1n) is 10.7. The molecule has 0 aliphatic rings. The fourth-order valence-corrected chi connectivity index (χ4v) is 4.47. The molecule has 2 aromatic carbocycles. The fraction of sp³-hybridized carbons (Fsp3) is 0.200. The predicted molar refractivity (Wildman–Crippen MR) is 132 cm³/mol. The van der Waals surface area contributed by atoms with Gasteiger partial charge in [-0.1, -0.05) is 18.2 Å².